The van der Waals surface area contributed by atoms with Crippen molar-refractivity contribution in [2.75, 3.05) is 11.1 Å². The molecule has 0 bridgehead atoms. The number of hydrogen-bond donors (Lipinski definition) is 3. The smallest absolute Gasteiger partial charge is 0.255 e. The van der Waals surface area contributed by atoms with E-state index < -0.39 is 0 Å². The number of nitrogen functional groups attached to an aromatic ring is 1. The molecular formula is C29H27N3O. The van der Waals surface area contributed by atoms with Crippen LogP contribution in [0.3, 0.4) is 0 Å². The molecule has 0 aliphatic heterocycles. The molecule has 1 amide bonds. The lowest BCUT2D eigenvalue weighted by molar-refractivity contribution is 0.102. The van der Waals surface area contributed by atoms with Gasteiger partial charge in [-0.2, -0.15) is 0 Å². The molecule has 33 heavy (non-hydrogen) atoms. The van der Waals surface area contributed by atoms with Gasteiger partial charge >= 0.3 is 0 Å². The summed E-state index contributed by atoms with van der Waals surface area (Å²) in [6.45, 7) is 0.839. The molecule has 5 rings (SSSR count). The molecule has 0 fully saturated rings. The molecule has 0 saturated heterocycles. The molecule has 0 atom stereocenters. The standard InChI is InChI=1S/C29H27N3O/c30-27-10-3-4-11-28(27)32-29(33)22-14-12-21(13-15-22)23-9-5-6-20(16-23)19-31-26-17-24-7-1-2-8-25(24)18-26/h1-16,26,31H,17-19,30H2,(H,32,33). The quantitative estimate of drug-likeness (QED) is 0.355. The van der Waals surface area contributed by atoms with E-state index in [9.17, 15) is 4.79 Å². The molecule has 4 nitrogen and oxygen atoms in total. The Bertz CT molecular complexity index is 1260. The average molecular weight is 434 g/mol. The van der Waals surface area contributed by atoms with Crippen molar-refractivity contribution < 1.29 is 4.79 Å². The number of nitrogens with one attached hydrogen (secondary N) is 2. The van der Waals surface area contributed by atoms with Gasteiger partial charge in [0.05, 0.1) is 11.4 Å². The number of anilines is 2. The van der Waals surface area contributed by atoms with Crippen LogP contribution in [0.2, 0.25) is 0 Å². The third-order valence-electron chi connectivity index (χ3n) is 6.26. The number of para-hydroxylation sites is 2. The predicted molar refractivity (Wildman–Crippen MR) is 135 cm³/mol. The summed E-state index contributed by atoms with van der Waals surface area (Å²) in [5.74, 6) is -0.171. The number of benzene rings is 4. The predicted octanol–water partition coefficient (Wildman–Crippen LogP) is 5.45. The van der Waals surface area contributed by atoms with E-state index in [4.69, 9.17) is 5.73 Å². The zero-order chi connectivity index (χ0) is 22.6. The fraction of sp³-hybridized carbons (Fsp3) is 0.138. The second-order valence-corrected chi connectivity index (χ2v) is 8.57. The molecule has 1 aliphatic rings. The summed E-state index contributed by atoms with van der Waals surface area (Å²) in [5.41, 5.74) is 14.1. The maximum atomic E-state index is 12.6. The van der Waals surface area contributed by atoms with Crippen LogP contribution >= 0.6 is 0 Å². The molecule has 0 radical (unpaired) electrons. The molecule has 0 saturated carbocycles. The first-order valence-electron chi connectivity index (χ1n) is 11.3. The Morgan fingerprint density at radius 1 is 0.788 bits per heavy atom. The molecule has 0 heterocycles. The van der Waals surface area contributed by atoms with Crippen LogP contribution in [-0.4, -0.2) is 11.9 Å². The van der Waals surface area contributed by atoms with Gasteiger partial charge in [-0.15, -0.1) is 0 Å². The highest BCUT2D eigenvalue weighted by Gasteiger charge is 2.20. The Morgan fingerprint density at radius 2 is 1.48 bits per heavy atom. The van der Waals surface area contributed by atoms with Crippen molar-refractivity contribution in [1.29, 1.82) is 0 Å². The van der Waals surface area contributed by atoms with E-state index in [1.54, 1.807) is 12.1 Å². The molecule has 4 heteroatoms. The van der Waals surface area contributed by atoms with Crippen LogP contribution in [0.25, 0.3) is 11.1 Å². The Hall–Kier alpha value is -3.89. The van der Waals surface area contributed by atoms with Crippen molar-refractivity contribution in [3.05, 3.63) is 119 Å². The minimum absolute atomic E-state index is 0.171. The molecule has 4 aromatic rings. The van der Waals surface area contributed by atoms with E-state index in [0.29, 0.717) is 23.0 Å². The van der Waals surface area contributed by atoms with Crippen molar-refractivity contribution >= 4 is 17.3 Å². The van der Waals surface area contributed by atoms with Crippen LogP contribution in [-0.2, 0) is 19.4 Å². The lowest BCUT2D eigenvalue weighted by Crippen LogP contribution is -2.28. The second kappa shape index (κ2) is 9.31. The molecule has 0 aromatic heterocycles. The van der Waals surface area contributed by atoms with Gasteiger partial charge in [0.15, 0.2) is 0 Å². The highest BCUT2D eigenvalue weighted by atomic mass is 16.1. The van der Waals surface area contributed by atoms with Crippen LogP contribution < -0.4 is 16.4 Å². The molecule has 4 aromatic carbocycles. The van der Waals surface area contributed by atoms with Crippen LogP contribution in [0, 0.1) is 0 Å². The number of nitrogens with two attached hydrogens (primary N) is 1. The molecule has 164 valence electrons. The van der Waals surface area contributed by atoms with E-state index >= 15 is 0 Å². The summed E-state index contributed by atoms with van der Waals surface area (Å²) in [7, 11) is 0. The number of carbonyl (C=O) groups is 1. The van der Waals surface area contributed by atoms with Gasteiger partial charge in [0, 0.05) is 18.2 Å². The fourth-order valence-electron chi connectivity index (χ4n) is 4.45. The third kappa shape index (κ3) is 4.81. The van der Waals surface area contributed by atoms with Crippen molar-refractivity contribution in [2.45, 2.75) is 25.4 Å². The second-order valence-electron chi connectivity index (χ2n) is 8.57. The normalized spacial score (nSPS) is 13.0. The number of amides is 1. The molecular weight excluding hydrogens is 406 g/mol. The van der Waals surface area contributed by atoms with Gasteiger partial charge in [0.25, 0.3) is 5.91 Å². The topological polar surface area (TPSA) is 67.1 Å². The van der Waals surface area contributed by atoms with E-state index in [-0.39, 0.29) is 5.91 Å². The SMILES string of the molecule is Nc1ccccc1NC(=O)c1ccc(-c2cccc(CNC3Cc4ccccc4C3)c2)cc1. The first-order chi connectivity index (χ1) is 16.2. The Labute approximate surface area is 194 Å². The summed E-state index contributed by atoms with van der Waals surface area (Å²) in [4.78, 5) is 12.6. The van der Waals surface area contributed by atoms with Crippen molar-refractivity contribution in [2.24, 2.45) is 0 Å². The summed E-state index contributed by atoms with van der Waals surface area (Å²) < 4.78 is 0. The monoisotopic (exact) mass is 433 g/mol. The van der Waals surface area contributed by atoms with Crippen LogP contribution in [0.1, 0.15) is 27.0 Å². The van der Waals surface area contributed by atoms with E-state index in [0.717, 1.165) is 30.5 Å². The molecule has 0 spiro atoms. The highest BCUT2D eigenvalue weighted by Crippen LogP contribution is 2.24. The van der Waals surface area contributed by atoms with Gasteiger partial charge in [-0.25, -0.2) is 0 Å². The van der Waals surface area contributed by atoms with Gasteiger partial charge in [-0.1, -0.05) is 66.7 Å². The molecule has 1 aliphatic carbocycles. The average Bonchev–Trinajstić information content (AvgIpc) is 3.28. The lowest BCUT2D eigenvalue weighted by atomic mass is 10.0. The Morgan fingerprint density at radius 3 is 2.21 bits per heavy atom. The minimum Gasteiger partial charge on any atom is -0.397 e. The molecule has 4 N–H and O–H groups in total. The Balaban J connectivity index is 1.22. The third-order valence-corrected chi connectivity index (χ3v) is 6.26. The number of fused-ring (bicyclic) bond motifs is 1. The van der Waals surface area contributed by atoms with Gasteiger partial charge in [0.1, 0.15) is 0 Å². The largest absolute Gasteiger partial charge is 0.397 e. The summed E-state index contributed by atoms with van der Waals surface area (Å²) in [5, 5.41) is 6.58. The maximum Gasteiger partial charge on any atom is 0.255 e. The maximum absolute atomic E-state index is 12.6. The Kier molecular flexibility index (Phi) is 5.92. The van der Waals surface area contributed by atoms with E-state index in [1.165, 1.54) is 16.7 Å². The number of rotatable bonds is 6. The van der Waals surface area contributed by atoms with Gasteiger partial charge in [0.2, 0.25) is 0 Å². The van der Waals surface area contributed by atoms with Gasteiger partial charge < -0.3 is 16.4 Å². The summed E-state index contributed by atoms with van der Waals surface area (Å²) >= 11 is 0. The summed E-state index contributed by atoms with van der Waals surface area (Å²) in [6, 6.07) is 32.7. The minimum atomic E-state index is -0.171. The van der Waals surface area contributed by atoms with E-state index in [1.807, 2.05) is 36.4 Å². The van der Waals surface area contributed by atoms with Crippen LogP contribution in [0.4, 0.5) is 11.4 Å². The van der Waals surface area contributed by atoms with Crippen LogP contribution in [0.5, 0.6) is 0 Å². The van der Waals surface area contributed by atoms with Crippen molar-refractivity contribution in [3.8, 4) is 11.1 Å². The number of carbonyl (C=O) groups excluding carboxylic acids is 1. The van der Waals surface area contributed by atoms with Crippen LogP contribution in [0.15, 0.2) is 97.1 Å². The fourth-order valence-corrected chi connectivity index (χ4v) is 4.45. The zero-order valence-corrected chi connectivity index (χ0v) is 18.4. The van der Waals surface area contributed by atoms with Gasteiger partial charge in [-0.05, 0) is 71.0 Å². The molecule has 0 unspecified atom stereocenters. The van der Waals surface area contributed by atoms with E-state index in [2.05, 4.69) is 59.2 Å². The van der Waals surface area contributed by atoms with Crippen molar-refractivity contribution in [1.82, 2.24) is 5.32 Å². The van der Waals surface area contributed by atoms with Crippen molar-refractivity contribution in [3.63, 3.8) is 0 Å². The zero-order valence-electron chi connectivity index (χ0n) is 18.4. The first kappa shape index (κ1) is 21.0. The van der Waals surface area contributed by atoms with Gasteiger partial charge in [-0.3, -0.25) is 4.79 Å². The lowest BCUT2D eigenvalue weighted by Gasteiger charge is -2.13. The summed E-state index contributed by atoms with van der Waals surface area (Å²) in [6.07, 6.45) is 2.18. The number of hydrogen-bond acceptors (Lipinski definition) is 3. The highest BCUT2D eigenvalue weighted by molar-refractivity contribution is 6.05. The first-order valence-corrected chi connectivity index (χ1v) is 11.3.